The van der Waals surface area contributed by atoms with Crippen LogP contribution in [0.25, 0.3) is 0 Å². The van der Waals surface area contributed by atoms with Crippen molar-refractivity contribution in [3.05, 3.63) is 30.3 Å². The van der Waals surface area contributed by atoms with Gasteiger partial charge >= 0.3 is 5.97 Å². The van der Waals surface area contributed by atoms with Gasteiger partial charge in [0, 0.05) is 4.90 Å². The number of benzene rings is 1. The van der Waals surface area contributed by atoms with E-state index in [0.717, 1.165) is 4.90 Å². The number of hydrogen-bond acceptors (Lipinski definition) is 4. The van der Waals surface area contributed by atoms with E-state index in [9.17, 15) is 4.79 Å². The number of ether oxygens (including phenoxy) is 1. The van der Waals surface area contributed by atoms with E-state index in [4.69, 9.17) is 10.00 Å². The summed E-state index contributed by atoms with van der Waals surface area (Å²) in [6, 6.07) is 11.6. The molecule has 0 amide bonds. The summed E-state index contributed by atoms with van der Waals surface area (Å²) < 4.78 is 5.03. The third-order valence-electron chi connectivity index (χ3n) is 1.81. The maximum Gasteiger partial charge on any atom is 0.316 e. The summed E-state index contributed by atoms with van der Waals surface area (Å²) in [4.78, 5) is 12.4. The fourth-order valence-electron chi connectivity index (χ4n) is 1.09. The molecule has 0 heterocycles. The molecule has 1 rings (SSSR count). The summed E-state index contributed by atoms with van der Waals surface area (Å²) in [6.07, 6.45) is -0.0873. The smallest absolute Gasteiger partial charge is 0.316 e. The SMILES string of the molecule is C[C@@H](CC#N)OC(=O)CSc1ccccc1. The summed E-state index contributed by atoms with van der Waals surface area (Å²) in [6.45, 7) is 1.72. The van der Waals surface area contributed by atoms with Gasteiger partial charge in [0.05, 0.1) is 18.2 Å². The molecular weight excluding hydrogens is 222 g/mol. The second-order valence-corrected chi connectivity index (χ2v) is 4.31. The lowest BCUT2D eigenvalue weighted by atomic mass is 10.3. The standard InChI is InChI=1S/C12H13NO2S/c1-10(7-8-13)15-12(14)9-16-11-5-3-2-4-6-11/h2-6,10H,7,9H2,1H3/t10-/m0/s1. The number of rotatable bonds is 5. The molecule has 0 N–H and O–H groups in total. The van der Waals surface area contributed by atoms with Crippen molar-refractivity contribution in [1.82, 2.24) is 0 Å². The fraction of sp³-hybridized carbons (Fsp3) is 0.333. The predicted molar refractivity (Wildman–Crippen MR) is 63.0 cm³/mol. The molecule has 0 saturated carbocycles. The van der Waals surface area contributed by atoms with Crippen molar-refractivity contribution in [3.63, 3.8) is 0 Å². The average Bonchev–Trinajstić information content (AvgIpc) is 2.28. The van der Waals surface area contributed by atoms with E-state index in [1.54, 1.807) is 6.92 Å². The summed E-state index contributed by atoms with van der Waals surface area (Å²) >= 11 is 1.43. The lowest BCUT2D eigenvalue weighted by Crippen LogP contribution is -2.15. The van der Waals surface area contributed by atoms with Gasteiger partial charge in [-0.05, 0) is 19.1 Å². The molecule has 84 valence electrons. The molecule has 0 radical (unpaired) electrons. The Bertz CT molecular complexity index is 372. The summed E-state index contributed by atoms with van der Waals surface area (Å²) in [5, 5.41) is 8.41. The zero-order chi connectivity index (χ0) is 11.8. The lowest BCUT2D eigenvalue weighted by Gasteiger charge is -2.09. The highest BCUT2D eigenvalue weighted by Crippen LogP contribution is 2.17. The Hall–Kier alpha value is -1.47. The van der Waals surface area contributed by atoms with Gasteiger partial charge in [0.2, 0.25) is 0 Å². The first-order valence-corrected chi connectivity index (χ1v) is 5.95. The topological polar surface area (TPSA) is 50.1 Å². The van der Waals surface area contributed by atoms with E-state index in [-0.39, 0.29) is 24.2 Å². The predicted octanol–water partition coefficient (Wildman–Crippen LogP) is 2.62. The third kappa shape index (κ3) is 4.85. The number of carbonyl (C=O) groups excluding carboxylic acids is 1. The van der Waals surface area contributed by atoms with Crippen LogP contribution < -0.4 is 0 Å². The van der Waals surface area contributed by atoms with Gasteiger partial charge < -0.3 is 4.74 Å². The van der Waals surface area contributed by atoms with E-state index < -0.39 is 0 Å². The largest absolute Gasteiger partial charge is 0.461 e. The number of nitriles is 1. The number of thioether (sulfide) groups is 1. The Morgan fingerprint density at radius 3 is 2.81 bits per heavy atom. The minimum absolute atomic E-state index is 0.238. The second kappa shape index (κ2) is 6.91. The van der Waals surface area contributed by atoms with Gasteiger partial charge in [-0.2, -0.15) is 5.26 Å². The van der Waals surface area contributed by atoms with Gasteiger partial charge in [0.1, 0.15) is 6.10 Å². The Labute approximate surface area is 99.4 Å². The Kier molecular flexibility index (Phi) is 5.44. The third-order valence-corrected chi connectivity index (χ3v) is 2.80. The van der Waals surface area contributed by atoms with Crippen LogP contribution >= 0.6 is 11.8 Å². The van der Waals surface area contributed by atoms with Crippen LogP contribution in [-0.4, -0.2) is 17.8 Å². The first-order chi connectivity index (χ1) is 7.72. The molecule has 0 fully saturated rings. The first kappa shape index (κ1) is 12.6. The lowest BCUT2D eigenvalue weighted by molar-refractivity contribution is -0.144. The zero-order valence-electron chi connectivity index (χ0n) is 9.05. The molecule has 0 unspecified atom stereocenters. The van der Waals surface area contributed by atoms with Crippen molar-refractivity contribution >= 4 is 17.7 Å². The molecule has 0 aliphatic rings. The van der Waals surface area contributed by atoms with E-state index in [2.05, 4.69) is 0 Å². The molecule has 1 aromatic carbocycles. The van der Waals surface area contributed by atoms with Crippen molar-refractivity contribution in [2.24, 2.45) is 0 Å². The number of esters is 1. The van der Waals surface area contributed by atoms with Crippen molar-refractivity contribution in [1.29, 1.82) is 5.26 Å². The molecule has 1 aromatic rings. The number of carbonyl (C=O) groups is 1. The molecular formula is C12H13NO2S. The summed E-state index contributed by atoms with van der Waals surface area (Å²) in [5.41, 5.74) is 0. The molecule has 0 aliphatic carbocycles. The van der Waals surface area contributed by atoms with Crippen LogP contribution in [0.15, 0.2) is 35.2 Å². The van der Waals surface area contributed by atoms with Crippen LogP contribution in [0, 0.1) is 11.3 Å². The Balaban J connectivity index is 2.28. The Morgan fingerprint density at radius 2 is 2.19 bits per heavy atom. The maximum absolute atomic E-state index is 11.3. The van der Waals surface area contributed by atoms with Gasteiger partial charge in [-0.3, -0.25) is 4.79 Å². The summed E-state index contributed by atoms with van der Waals surface area (Å²) in [5.74, 6) is -0.00336. The normalized spacial score (nSPS) is 11.5. The zero-order valence-corrected chi connectivity index (χ0v) is 9.87. The van der Waals surface area contributed by atoms with Crippen molar-refractivity contribution in [2.45, 2.75) is 24.3 Å². The van der Waals surface area contributed by atoms with Gasteiger partial charge in [-0.1, -0.05) is 18.2 Å². The molecule has 0 aromatic heterocycles. The van der Waals surface area contributed by atoms with Crippen molar-refractivity contribution in [3.8, 4) is 6.07 Å². The second-order valence-electron chi connectivity index (χ2n) is 3.26. The van der Waals surface area contributed by atoms with Gasteiger partial charge in [-0.15, -0.1) is 11.8 Å². The van der Waals surface area contributed by atoms with Crippen molar-refractivity contribution < 1.29 is 9.53 Å². The molecule has 3 nitrogen and oxygen atoms in total. The van der Waals surface area contributed by atoms with Crippen LogP contribution in [-0.2, 0) is 9.53 Å². The Morgan fingerprint density at radius 1 is 1.50 bits per heavy atom. The van der Waals surface area contributed by atoms with Crippen LogP contribution in [0.1, 0.15) is 13.3 Å². The molecule has 1 atom stereocenters. The van der Waals surface area contributed by atoms with Gasteiger partial charge in [-0.25, -0.2) is 0 Å². The summed E-state index contributed by atoms with van der Waals surface area (Å²) in [7, 11) is 0. The minimum Gasteiger partial charge on any atom is -0.461 e. The van der Waals surface area contributed by atoms with Crippen molar-refractivity contribution in [2.75, 3.05) is 5.75 Å². The molecule has 0 aliphatic heterocycles. The average molecular weight is 235 g/mol. The number of nitrogens with zero attached hydrogens (tertiary/aromatic N) is 1. The van der Waals surface area contributed by atoms with Crippen LogP contribution in [0.2, 0.25) is 0 Å². The van der Waals surface area contributed by atoms with E-state index in [0.29, 0.717) is 0 Å². The van der Waals surface area contributed by atoms with E-state index in [1.807, 2.05) is 36.4 Å². The highest BCUT2D eigenvalue weighted by atomic mass is 32.2. The molecule has 0 bridgehead atoms. The first-order valence-electron chi connectivity index (χ1n) is 4.96. The molecule has 4 heteroatoms. The van der Waals surface area contributed by atoms with E-state index in [1.165, 1.54) is 11.8 Å². The molecule has 0 saturated heterocycles. The highest BCUT2D eigenvalue weighted by molar-refractivity contribution is 8.00. The minimum atomic E-state index is -0.325. The molecule has 0 spiro atoms. The van der Waals surface area contributed by atoms with Crippen LogP contribution in [0.5, 0.6) is 0 Å². The maximum atomic E-state index is 11.3. The van der Waals surface area contributed by atoms with Gasteiger partial charge in [0.25, 0.3) is 0 Å². The highest BCUT2D eigenvalue weighted by Gasteiger charge is 2.09. The van der Waals surface area contributed by atoms with Crippen LogP contribution in [0.3, 0.4) is 0 Å². The molecule has 16 heavy (non-hydrogen) atoms. The fourth-order valence-corrected chi connectivity index (χ4v) is 1.79. The number of hydrogen-bond donors (Lipinski definition) is 0. The van der Waals surface area contributed by atoms with Crippen LogP contribution in [0.4, 0.5) is 0 Å². The quantitative estimate of drug-likeness (QED) is 0.581. The van der Waals surface area contributed by atoms with Gasteiger partial charge in [0.15, 0.2) is 0 Å². The monoisotopic (exact) mass is 235 g/mol. The van der Waals surface area contributed by atoms with E-state index >= 15 is 0 Å².